The number of anilines is 1. The third-order valence-electron chi connectivity index (χ3n) is 5.76. The lowest BCUT2D eigenvalue weighted by atomic mass is 9.95. The number of hydrogen-bond donors (Lipinski definition) is 2. The summed E-state index contributed by atoms with van der Waals surface area (Å²) >= 11 is 0. The first-order valence-corrected chi connectivity index (χ1v) is 11.0. The first-order chi connectivity index (χ1) is 14.8. The van der Waals surface area contributed by atoms with Gasteiger partial charge in [-0.2, -0.15) is 0 Å². The summed E-state index contributed by atoms with van der Waals surface area (Å²) in [5, 5.41) is 7.34. The van der Waals surface area contributed by atoms with Crippen molar-refractivity contribution in [2.75, 3.05) is 25.0 Å². The van der Waals surface area contributed by atoms with Gasteiger partial charge in [-0.1, -0.05) is 18.2 Å². The number of aliphatic imine (C=N–C) groups is 1. The van der Waals surface area contributed by atoms with Gasteiger partial charge in [-0.3, -0.25) is 15.1 Å². The normalized spacial score (nSPS) is 22.2. The van der Waals surface area contributed by atoms with E-state index in [1.54, 1.807) is 0 Å². The summed E-state index contributed by atoms with van der Waals surface area (Å²) in [7, 11) is 0. The number of rotatable bonds is 3. The van der Waals surface area contributed by atoms with Gasteiger partial charge < -0.3 is 15.0 Å². The molecule has 4 rings (SSSR count). The van der Waals surface area contributed by atoms with Gasteiger partial charge in [-0.05, 0) is 70.0 Å². The van der Waals surface area contributed by atoms with Crippen LogP contribution >= 0.6 is 0 Å². The van der Waals surface area contributed by atoms with Gasteiger partial charge in [0.2, 0.25) is 0 Å². The molecule has 1 amide bonds. The van der Waals surface area contributed by atoms with Gasteiger partial charge in [-0.25, -0.2) is 0 Å². The predicted octanol–water partition coefficient (Wildman–Crippen LogP) is 4.08. The van der Waals surface area contributed by atoms with Gasteiger partial charge >= 0.3 is 0 Å². The molecule has 2 aliphatic heterocycles. The molecule has 0 aliphatic carbocycles. The summed E-state index contributed by atoms with van der Waals surface area (Å²) in [6.07, 6.45) is 0.811. The molecule has 0 saturated carbocycles. The highest BCUT2D eigenvalue weighted by Crippen LogP contribution is 2.31. The number of ether oxygens (including phenoxy) is 1. The van der Waals surface area contributed by atoms with Crippen LogP contribution in [0.15, 0.2) is 53.5 Å². The van der Waals surface area contributed by atoms with E-state index in [1.165, 1.54) is 5.56 Å². The lowest BCUT2D eigenvalue weighted by molar-refractivity contribution is 0.0786. The second-order valence-electron chi connectivity index (χ2n) is 9.28. The highest BCUT2D eigenvalue weighted by Gasteiger charge is 2.46. The van der Waals surface area contributed by atoms with Crippen LogP contribution in [0.2, 0.25) is 0 Å². The van der Waals surface area contributed by atoms with E-state index in [4.69, 9.17) is 9.73 Å². The SMILES string of the molecule is CCOc1ccc(C(=O)N2CCC3(C2)NCc2ccccc2NC3=NC(C)(C)C)cc1. The number of likely N-dealkylation sites (tertiary alicyclic amines) is 1. The minimum atomic E-state index is -0.396. The van der Waals surface area contributed by atoms with Crippen LogP contribution < -0.4 is 15.4 Å². The largest absolute Gasteiger partial charge is 0.494 e. The van der Waals surface area contributed by atoms with E-state index in [9.17, 15) is 4.79 Å². The van der Waals surface area contributed by atoms with E-state index in [-0.39, 0.29) is 11.4 Å². The molecule has 31 heavy (non-hydrogen) atoms. The Morgan fingerprint density at radius 2 is 1.90 bits per heavy atom. The molecule has 2 aliphatic rings. The molecular formula is C25H32N4O2. The zero-order chi connectivity index (χ0) is 22.1. The summed E-state index contributed by atoms with van der Waals surface area (Å²) in [5.74, 6) is 1.73. The molecule has 1 atom stereocenters. The number of benzene rings is 2. The Kier molecular flexibility index (Phi) is 5.75. The van der Waals surface area contributed by atoms with E-state index in [1.807, 2.05) is 42.2 Å². The first-order valence-electron chi connectivity index (χ1n) is 11.0. The van der Waals surface area contributed by atoms with Crippen LogP contribution in [0.25, 0.3) is 0 Å². The van der Waals surface area contributed by atoms with Gasteiger partial charge in [0.05, 0.1) is 17.7 Å². The van der Waals surface area contributed by atoms with Crippen LogP contribution in [0.4, 0.5) is 5.69 Å². The third-order valence-corrected chi connectivity index (χ3v) is 5.76. The van der Waals surface area contributed by atoms with Crippen LogP contribution in [0, 0.1) is 0 Å². The Morgan fingerprint density at radius 1 is 1.16 bits per heavy atom. The maximum absolute atomic E-state index is 13.2. The quantitative estimate of drug-likeness (QED) is 0.785. The fourth-order valence-electron chi connectivity index (χ4n) is 4.23. The molecule has 1 saturated heterocycles. The van der Waals surface area contributed by atoms with Crippen molar-refractivity contribution in [3.05, 3.63) is 59.7 Å². The van der Waals surface area contributed by atoms with Crippen molar-refractivity contribution in [3.8, 4) is 5.75 Å². The zero-order valence-corrected chi connectivity index (χ0v) is 18.9. The van der Waals surface area contributed by atoms with Gasteiger partial charge in [0.15, 0.2) is 0 Å². The smallest absolute Gasteiger partial charge is 0.253 e. The highest BCUT2D eigenvalue weighted by atomic mass is 16.5. The monoisotopic (exact) mass is 420 g/mol. The van der Waals surface area contributed by atoms with E-state index in [0.29, 0.717) is 25.3 Å². The van der Waals surface area contributed by atoms with Crippen molar-refractivity contribution in [3.63, 3.8) is 0 Å². The van der Waals surface area contributed by atoms with Gasteiger partial charge in [-0.15, -0.1) is 0 Å². The summed E-state index contributed by atoms with van der Waals surface area (Å²) < 4.78 is 5.50. The molecule has 1 fully saturated rings. The minimum absolute atomic E-state index is 0.0404. The number of carbonyl (C=O) groups excluding carboxylic acids is 1. The van der Waals surface area contributed by atoms with Crippen LogP contribution in [-0.2, 0) is 6.54 Å². The standard InChI is InChI=1S/C25H32N4O2/c1-5-31-20-12-10-18(11-13-20)22(30)29-15-14-25(17-29)23(28-24(2,3)4)27-21-9-7-6-8-19(21)16-26-25/h6-13,26H,5,14-17H2,1-4H3,(H,27,28). The molecule has 1 spiro atoms. The van der Waals surface area contributed by atoms with Gasteiger partial charge in [0, 0.05) is 30.9 Å². The third kappa shape index (κ3) is 4.59. The summed E-state index contributed by atoms with van der Waals surface area (Å²) in [4.78, 5) is 20.2. The van der Waals surface area contributed by atoms with Crippen molar-refractivity contribution in [1.82, 2.24) is 10.2 Å². The molecule has 0 radical (unpaired) electrons. The lowest BCUT2D eigenvalue weighted by Crippen LogP contribution is -2.56. The van der Waals surface area contributed by atoms with Crippen molar-refractivity contribution in [2.24, 2.45) is 4.99 Å². The van der Waals surface area contributed by atoms with Crippen LogP contribution in [0.5, 0.6) is 5.75 Å². The van der Waals surface area contributed by atoms with Crippen LogP contribution in [-0.4, -0.2) is 47.4 Å². The molecular weight excluding hydrogens is 388 g/mol. The highest BCUT2D eigenvalue weighted by molar-refractivity contribution is 6.05. The molecule has 0 aromatic heterocycles. The lowest BCUT2D eigenvalue weighted by Gasteiger charge is -2.32. The number of amides is 1. The Hall–Kier alpha value is -2.86. The number of carbonyl (C=O) groups is 1. The Bertz CT molecular complexity index is 978. The maximum Gasteiger partial charge on any atom is 0.253 e. The zero-order valence-electron chi connectivity index (χ0n) is 18.9. The second-order valence-corrected chi connectivity index (χ2v) is 9.28. The topological polar surface area (TPSA) is 66.0 Å². The minimum Gasteiger partial charge on any atom is -0.494 e. The number of nitrogens with zero attached hydrogens (tertiary/aromatic N) is 2. The molecule has 1 unspecified atom stereocenters. The van der Waals surface area contributed by atoms with E-state index < -0.39 is 5.54 Å². The molecule has 6 nitrogen and oxygen atoms in total. The number of amidine groups is 1. The predicted molar refractivity (Wildman–Crippen MR) is 125 cm³/mol. The first kappa shape index (κ1) is 21.4. The van der Waals surface area contributed by atoms with Gasteiger partial charge in [0.1, 0.15) is 11.6 Å². The van der Waals surface area contributed by atoms with E-state index in [2.05, 4.69) is 49.6 Å². The number of para-hydroxylation sites is 1. The fourth-order valence-corrected chi connectivity index (χ4v) is 4.23. The Morgan fingerprint density at radius 3 is 2.61 bits per heavy atom. The number of nitrogens with one attached hydrogen (secondary N) is 2. The molecule has 6 heteroatoms. The molecule has 2 heterocycles. The molecule has 2 aromatic rings. The van der Waals surface area contributed by atoms with Crippen LogP contribution in [0.1, 0.15) is 50.0 Å². The van der Waals surface area contributed by atoms with Crippen molar-refractivity contribution in [2.45, 2.75) is 51.7 Å². The van der Waals surface area contributed by atoms with E-state index in [0.717, 1.165) is 30.2 Å². The second kappa shape index (κ2) is 8.35. The number of hydrogen-bond acceptors (Lipinski definition) is 4. The average Bonchev–Trinajstić information content (AvgIpc) is 3.11. The Balaban J connectivity index is 1.60. The number of fused-ring (bicyclic) bond motifs is 1. The van der Waals surface area contributed by atoms with Gasteiger partial charge in [0.25, 0.3) is 5.91 Å². The van der Waals surface area contributed by atoms with Crippen molar-refractivity contribution < 1.29 is 9.53 Å². The Labute approximate surface area is 184 Å². The molecule has 2 N–H and O–H groups in total. The molecule has 164 valence electrons. The van der Waals surface area contributed by atoms with Crippen LogP contribution in [0.3, 0.4) is 0 Å². The average molecular weight is 421 g/mol. The van der Waals surface area contributed by atoms with Crippen molar-refractivity contribution in [1.29, 1.82) is 0 Å². The molecule has 0 bridgehead atoms. The fraction of sp³-hybridized carbons (Fsp3) is 0.440. The van der Waals surface area contributed by atoms with Crippen molar-refractivity contribution >= 4 is 17.4 Å². The summed E-state index contributed by atoms with van der Waals surface area (Å²) in [6, 6.07) is 15.7. The summed E-state index contributed by atoms with van der Waals surface area (Å²) in [5.41, 5.74) is 2.33. The summed E-state index contributed by atoms with van der Waals surface area (Å²) in [6.45, 7) is 10.9. The van der Waals surface area contributed by atoms with E-state index >= 15 is 0 Å². The molecule has 2 aromatic carbocycles. The maximum atomic E-state index is 13.2.